The minimum atomic E-state index is -4.66. The van der Waals surface area contributed by atoms with Gasteiger partial charge in [0.05, 0.1) is 6.42 Å². The minimum Gasteiger partial charge on any atom is -0.326 e. The van der Waals surface area contributed by atoms with E-state index < -0.39 is 12.0 Å². The van der Waals surface area contributed by atoms with Crippen LogP contribution in [0.2, 0.25) is 0 Å². The molecule has 0 aliphatic heterocycles. The average molecular weight is 363 g/mol. The molecule has 0 aliphatic carbocycles. The molecule has 1 N–H and O–H groups in total. The van der Waals surface area contributed by atoms with Crippen LogP contribution in [0.1, 0.15) is 28.3 Å². The molecular formula is C17H16F3N5O. The number of aromatic nitrogens is 4. The van der Waals surface area contributed by atoms with E-state index in [0.717, 1.165) is 10.1 Å². The van der Waals surface area contributed by atoms with Crippen molar-refractivity contribution in [2.24, 2.45) is 0 Å². The lowest BCUT2D eigenvalue weighted by atomic mass is 10.1. The number of rotatable bonds is 3. The summed E-state index contributed by atoms with van der Waals surface area (Å²) in [6.45, 7) is 5.15. The summed E-state index contributed by atoms with van der Waals surface area (Å²) in [4.78, 5) is 19.8. The topological polar surface area (TPSA) is 72.2 Å². The molecular weight excluding hydrogens is 347 g/mol. The first kappa shape index (κ1) is 17.8. The lowest BCUT2D eigenvalue weighted by molar-refractivity contribution is -0.144. The van der Waals surface area contributed by atoms with Crippen LogP contribution in [0.3, 0.4) is 0 Å². The number of amides is 1. The van der Waals surface area contributed by atoms with Crippen molar-refractivity contribution in [2.75, 3.05) is 5.32 Å². The van der Waals surface area contributed by atoms with Gasteiger partial charge in [-0.1, -0.05) is 17.7 Å². The number of hydrogen-bond donors (Lipinski definition) is 1. The van der Waals surface area contributed by atoms with Gasteiger partial charge in [-0.25, -0.2) is 9.50 Å². The second kappa shape index (κ2) is 6.40. The highest BCUT2D eigenvalue weighted by molar-refractivity contribution is 5.92. The largest absolute Gasteiger partial charge is 0.453 e. The second-order valence-electron chi connectivity index (χ2n) is 6.00. The number of anilines is 1. The number of aryl methyl sites for hydroxylation is 3. The van der Waals surface area contributed by atoms with Gasteiger partial charge in [-0.3, -0.25) is 4.79 Å². The predicted octanol–water partition coefficient (Wildman–Crippen LogP) is 3.25. The highest BCUT2D eigenvalue weighted by Crippen LogP contribution is 2.27. The summed E-state index contributed by atoms with van der Waals surface area (Å²) in [5.74, 6) is -1.69. The SMILES string of the molecule is Cc1ccc(NC(=O)Cc2c(C)nc3nc(C(F)(F)F)nn3c2C)cc1. The molecule has 136 valence electrons. The van der Waals surface area contributed by atoms with Gasteiger partial charge in [-0.2, -0.15) is 18.2 Å². The van der Waals surface area contributed by atoms with Crippen molar-refractivity contribution in [3.63, 3.8) is 0 Å². The summed E-state index contributed by atoms with van der Waals surface area (Å²) in [7, 11) is 0. The summed E-state index contributed by atoms with van der Waals surface area (Å²) in [5, 5.41) is 6.23. The number of carbonyl (C=O) groups excluding carboxylic acids is 1. The van der Waals surface area contributed by atoms with Crippen molar-refractivity contribution in [1.29, 1.82) is 0 Å². The molecule has 1 amide bonds. The first-order valence-corrected chi connectivity index (χ1v) is 7.81. The molecule has 2 aromatic heterocycles. The van der Waals surface area contributed by atoms with Crippen LogP contribution in [-0.4, -0.2) is 25.5 Å². The molecule has 0 unspecified atom stereocenters. The van der Waals surface area contributed by atoms with E-state index >= 15 is 0 Å². The lowest BCUT2D eigenvalue weighted by Gasteiger charge is -2.11. The molecule has 0 radical (unpaired) electrons. The highest BCUT2D eigenvalue weighted by atomic mass is 19.4. The van der Waals surface area contributed by atoms with Crippen LogP contribution in [0.15, 0.2) is 24.3 Å². The van der Waals surface area contributed by atoms with Gasteiger partial charge in [0.1, 0.15) is 0 Å². The van der Waals surface area contributed by atoms with Gasteiger partial charge in [0.15, 0.2) is 0 Å². The Morgan fingerprint density at radius 2 is 1.77 bits per heavy atom. The maximum absolute atomic E-state index is 12.8. The van der Waals surface area contributed by atoms with Gasteiger partial charge in [-0.05, 0) is 32.9 Å². The van der Waals surface area contributed by atoms with Gasteiger partial charge < -0.3 is 5.32 Å². The van der Waals surface area contributed by atoms with E-state index in [2.05, 4.69) is 20.4 Å². The highest BCUT2D eigenvalue weighted by Gasteiger charge is 2.37. The fraction of sp³-hybridized carbons (Fsp3) is 0.294. The van der Waals surface area contributed by atoms with E-state index in [1.807, 2.05) is 19.1 Å². The van der Waals surface area contributed by atoms with Gasteiger partial charge in [0.25, 0.3) is 11.6 Å². The Morgan fingerprint density at radius 3 is 2.38 bits per heavy atom. The Morgan fingerprint density at radius 1 is 1.12 bits per heavy atom. The van der Waals surface area contributed by atoms with Crippen LogP contribution in [0.25, 0.3) is 5.78 Å². The smallest absolute Gasteiger partial charge is 0.326 e. The number of halogens is 3. The molecule has 1 aromatic carbocycles. The summed E-state index contributed by atoms with van der Waals surface area (Å²) < 4.78 is 39.4. The summed E-state index contributed by atoms with van der Waals surface area (Å²) >= 11 is 0. The molecule has 0 fully saturated rings. The van der Waals surface area contributed by atoms with Gasteiger partial charge in [-0.15, -0.1) is 5.10 Å². The van der Waals surface area contributed by atoms with E-state index in [-0.39, 0.29) is 18.1 Å². The van der Waals surface area contributed by atoms with E-state index in [1.54, 1.807) is 26.0 Å². The molecule has 26 heavy (non-hydrogen) atoms. The minimum absolute atomic E-state index is 0.0320. The standard InChI is InChI=1S/C17H16F3N5O/c1-9-4-6-12(7-5-9)22-14(26)8-13-10(2)21-16-23-15(17(18,19)20)24-25(16)11(13)3/h4-7H,8H2,1-3H3,(H,22,26). The Bertz CT molecular complexity index is 977. The van der Waals surface area contributed by atoms with E-state index in [1.165, 1.54) is 0 Å². The van der Waals surface area contributed by atoms with Crippen LogP contribution >= 0.6 is 0 Å². The molecule has 2 heterocycles. The van der Waals surface area contributed by atoms with Gasteiger partial charge >= 0.3 is 6.18 Å². The van der Waals surface area contributed by atoms with Crippen molar-refractivity contribution in [3.8, 4) is 0 Å². The van der Waals surface area contributed by atoms with E-state index in [4.69, 9.17) is 0 Å². The second-order valence-corrected chi connectivity index (χ2v) is 6.00. The number of carbonyl (C=O) groups is 1. The van der Waals surface area contributed by atoms with Crippen LogP contribution in [0.4, 0.5) is 18.9 Å². The van der Waals surface area contributed by atoms with E-state index in [9.17, 15) is 18.0 Å². The number of nitrogens with one attached hydrogen (secondary N) is 1. The maximum atomic E-state index is 12.8. The zero-order chi connectivity index (χ0) is 19.1. The van der Waals surface area contributed by atoms with Crippen molar-refractivity contribution < 1.29 is 18.0 Å². The number of fused-ring (bicyclic) bond motifs is 1. The molecule has 0 spiro atoms. The predicted molar refractivity (Wildman–Crippen MR) is 88.8 cm³/mol. The summed E-state index contributed by atoms with van der Waals surface area (Å²) in [6.07, 6.45) is -4.69. The quantitative estimate of drug-likeness (QED) is 0.775. The molecule has 3 aromatic rings. The fourth-order valence-corrected chi connectivity index (χ4v) is 2.59. The summed E-state index contributed by atoms with van der Waals surface area (Å²) in [5.41, 5.74) is 3.06. The Labute approximate surface area is 147 Å². The normalized spacial score (nSPS) is 11.8. The Kier molecular flexibility index (Phi) is 4.39. The number of alkyl halides is 3. The fourth-order valence-electron chi connectivity index (χ4n) is 2.59. The molecule has 3 rings (SSSR count). The lowest BCUT2D eigenvalue weighted by Crippen LogP contribution is -2.17. The summed E-state index contributed by atoms with van der Waals surface area (Å²) in [6, 6.07) is 7.30. The van der Waals surface area contributed by atoms with Crippen molar-refractivity contribution in [3.05, 3.63) is 52.6 Å². The zero-order valence-electron chi connectivity index (χ0n) is 14.3. The monoisotopic (exact) mass is 363 g/mol. The van der Waals surface area contributed by atoms with Crippen LogP contribution in [0, 0.1) is 20.8 Å². The van der Waals surface area contributed by atoms with Crippen LogP contribution in [-0.2, 0) is 17.4 Å². The van der Waals surface area contributed by atoms with E-state index in [0.29, 0.717) is 22.6 Å². The Balaban J connectivity index is 1.89. The number of nitrogens with zero attached hydrogens (tertiary/aromatic N) is 4. The number of hydrogen-bond acceptors (Lipinski definition) is 4. The average Bonchev–Trinajstić information content (AvgIpc) is 2.98. The third kappa shape index (κ3) is 3.51. The van der Waals surface area contributed by atoms with Gasteiger partial charge in [0.2, 0.25) is 5.91 Å². The molecule has 0 atom stereocenters. The van der Waals surface area contributed by atoms with Crippen LogP contribution < -0.4 is 5.32 Å². The third-order valence-electron chi connectivity index (χ3n) is 3.98. The van der Waals surface area contributed by atoms with Crippen molar-refractivity contribution in [2.45, 2.75) is 33.4 Å². The van der Waals surface area contributed by atoms with Crippen LogP contribution in [0.5, 0.6) is 0 Å². The van der Waals surface area contributed by atoms with Crippen molar-refractivity contribution in [1.82, 2.24) is 19.6 Å². The van der Waals surface area contributed by atoms with Crippen molar-refractivity contribution >= 4 is 17.4 Å². The number of benzene rings is 1. The molecule has 6 nitrogen and oxygen atoms in total. The molecule has 0 aliphatic rings. The maximum Gasteiger partial charge on any atom is 0.453 e. The molecule has 0 saturated carbocycles. The first-order chi connectivity index (χ1) is 12.1. The first-order valence-electron chi connectivity index (χ1n) is 7.81. The molecule has 9 heteroatoms. The molecule has 0 saturated heterocycles. The third-order valence-corrected chi connectivity index (χ3v) is 3.98. The Hall–Kier alpha value is -2.97. The molecule has 0 bridgehead atoms. The van der Waals surface area contributed by atoms with Gasteiger partial charge in [0, 0.05) is 22.6 Å². The zero-order valence-corrected chi connectivity index (χ0v) is 14.3.